The van der Waals surface area contributed by atoms with Crippen molar-refractivity contribution in [3.05, 3.63) is 91.7 Å². The largest absolute Gasteiger partial charge is 0.302 e. The van der Waals surface area contributed by atoms with Crippen LogP contribution in [0.5, 0.6) is 0 Å². The summed E-state index contributed by atoms with van der Waals surface area (Å²) in [7, 11) is 2.37. The van der Waals surface area contributed by atoms with E-state index in [4.69, 9.17) is 0 Å². The van der Waals surface area contributed by atoms with Crippen molar-refractivity contribution in [3.63, 3.8) is 0 Å². The molecule has 30 heavy (non-hydrogen) atoms. The average Bonchev–Trinajstić information content (AvgIpc) is 3.38. The predicted octanol–water partition coefficient (Wildman–Crippen LogP) is 7.76. The molecule has 0 atom stereocenters. The number of nitro groups is 2. The van der Waals surface area contributed by atoms with E-state index >= 15 is 0 Å². The monoisotopic (exact) mass is 472 g/mol. The van der Waals surface area contributed by atoms with Crippen LogP contribution in [-0.2, 0) is 0 Å². The van der Waals surface area contributed by atoms with Crippen LogP contribution < -0.4 is 0 Å². The fraction of sp³-hybridized carbons (Fsp3) is 0. The summed E-state index contributed by atoms with van der Waals surface area (Å²) < 4.78 is 1.01. The Hall–Kier alpha value is -2.66. The van der Waals surface area contributed by atoms with Gasteiger partial charge < -0.3 is 0 Å². The van der Waals surface area contributed by atoms with Crippen molar-refractivity contribution in [1.82, 2.24) is 0 Å². The highest BCUT2D eigenvalue weighted by Gasteiger charge is 2.28. The minimum absolute atomic E-state index is 0.0335. The third-order valence-electron chi connectivity index (χ3n) is 4.19. The van der Waals surface area contributed by atoms with E-state index in [0.29, 0.717) is 19.5 Å². The number of nitrogens with zero attached hydrogens (tertiary/aromatic N) is 2. The summed E-state index contributed by atoms with van der Waals surface area (Å²) in [5.74, 6) is 0. The molecule has 0 fully saturated rings. The molecule has 4 rings (SSSR count). The summed E-state index contributed by atoms with van der Waals surface area (Å²) in [6.07, 6.45) is 0. The number of hydrogen-bond donors (Lipinski definition) is 0. The van der Waals surface area contributed by atoms with Crippen molar-refractivity contribution in [2.45, 2.75) is 8.42 Å². The second-order valence-electron chi connectivity index (χ2n) is 5.98. The summed E-state index contributed by atoms with van der Waals surface area (Å²) in [6.45, 7) is 0. The smallest absolute Gasteiger partial charge is 0.258 e. The first-order valence-electron chi connectivity index (χ1n) is 8.53. The summed E-state index contributed by atoms with van der Waals surface area (Å²) in [5, 5.41) is 27.0. The van der Waals surface area contributed by atoms with Gasteiger partial charge in [-0.1, -0.05) is 60.7 Å². The van der Waals surface area contributed by atoms with E-state index < -0.39 is 0 Å². The Morgan fingerprint density at radius 2 is 1.00 bits per heavy atom. The van der Waals surface area contributed by atoms with Crippen molar-refractivity contribution in [2.75, 3.05) is 0 Å². The van der Waals surface area contributed by atoms with Crippen LogP contribution in [0.1, 0.15) is 0 Å². The first-order valence-corrected chi connectivity index (χ1v) is 12.4. The second kappa shape index (κ2) is 9.00. The summed E-state index contributed by atoms with van der Waals surface area (Å²) >= 11 is 2.54. The zero-order valence-electron chi connectivity index (χ0n) is 15.1. The summed E-state index contributed by atoms with van der Waals surface area (Å²) in [4.78, 5) is 22.7. The maximum atomic E-state index is 11.7. The molecule has 150 valence electrons. The molecule has 10 heteroatoms. The van der Waals surface area contributed by atoms with Gasteiger partial charge in [0.25, 0.3) is 0 Å². The lowest BCUT2D eigenvalue weighted by Crippen LogP contribution is -1.90. The lowest BCUT2D eigenvalue weighted by atomic mass is 10.1. The van der Waals surface area contributed by atoms with Crippen LogP contribution >= 0.6 is 44.3 Å². The molecular formula is C20H12N2O4S4. The molecule has 0 N–H and O–H groups in total. The minimum Gasteiger partial charge on any atom is -0.258 e. The van der Waals surface area contributed by atoms with Crippen LogP contribution in [-0.4, -0.2) is 9.85 Å². The Kier molecular flexibility index (Phi) is 6.18. The average molecular weight is 473 g/mol. The topological polar surface area (TPSA) is 86.3 Å². The first kappa shape index (κ1) is 20.6. The van der Waals surface area contributed by atoms with Crippen molar-refractivity contribution in [3.8, 4) is 22.3 Å². The van der Waals surface area contributed by atoms with E-state index in [9.17, 15) is 20.2 Å². The maximum absolute atomic E-state index is 11.7. The zero-order valence-corrected chi connectivity index (χ0v) is 18.4. The van der Waals surface area contributed by atoms with Gasteiger partial charge in [0.1, 0.15) is 8.42 Å². The second-order valence-corrected chi connectivity index (χ2v) is 10.4. The van der Waals surface area contributed by atoms with Crippen LogP contribution in [0.3, 0.4) is 0 Å². The molecule has 0 spiro atoms. The third-order valence-corrected chi connectivity index (χ3v) is 9.45. The van der Waals surface area contributed by atoms with Gasteiger partial charge in [-0.15, -0.1) is 22.7 Å². The van der Waals surface area contributed by atoms with Crippen molar-refractivity contribution >= 4 is 55.6 Å². The normalized spacial score (nSPS) is 10.8. The highest BCUT2D eigenvalue weighted by atomic mass is 33.1. The molecule has 0 saturated carbocycles. The molecule has 2 aromatic heterocycles. The Balaban J connectivity index is 1.65. The molecule has 0 bridgehead atoms. The molecule has 2 heterocycles. The molecule has 0 unspecified atom stereocenters. The van der Waals surface area contributed by atoms with Gasteiger partial charge in [0.05, 0.1) is 21.0 Å². The number of rotatable bonds is 7. The Labute approximate surface area is 187 Å². The Morgan fingerprint density at radius 3 is 1.33 bits per heavy atom. The first-order chi connectivity index (χ1) is 14.6. The molecule has 0 aliphatic rings. The van der Waals surface area contributed by atoms with Crippen LogP contribution in [0, 0.1) is 20.2 Å². The van der Waals surface area contributed by atoms with Gasteiger partial charge in [0, 0.05) is 10.8 Å². The van der Waals surface area contributed by atoms with Gasteiger partial charge in [0.2, 0.25) is 0 Å². The molecule has 0 saturated heterocycles. The van der Waals surface area contributed by atoms with Gasteiger partial charge >= 0.3 is 11.4 Å². The molecule has 0 aliphatic carbocycles. The highest BCUT2D eigenvalue weighted by Crippen LogP contribution is 2.53. The van der Waals surface area contributed by atoms with Crippen molar-refractivity contribution in [1.29, 1.82) is 0 Å². The molecule has 0 amide bonds. The number of hydrogen-bond acceptors (Lipinski definition) is 8. The Morgan fingerprint density at radius 1 is 0.633 bits per heavy atom. The molecule has 4 aromatic rings. The van der Waals surface area contributed by atoms with E-state index in [0.717, 1.165) is 11.1 Å². The van der Waals surface area contributed by atoms with E-state index in [1.165, 1.54) is 44.3 Å². The highest BCUT2D eigenvalue weighted by molar-refractivity contribution is 8.77. The summed E-state index contributed by atoms with van der Waals surface area (Å²) in [6, 6.07) is 18.3. The molecule has 0 aliphatic heterocycles. The fourth-order valence-corrected chi connectivity index (χ4v) is 7.92. The minimum atomic E-state index is -0.389. The predicted molar refractivity (Wildman–Crippen MR) is 125 cm³/mol. The van der Waals surface area contributed by atoms with E-state index in [-0.39, 0.29) is 21.2 Å². The van der Waals surface area contributed by atoms with Gasteiger partial charge in [-0.25, -0.2) is 0 Å². The SMILES string of the molecule is O=[N+]([O-])c1c(-c2ccccc2)csc1SSc1scc(-c2ccccc2)c1[N+](=O)[O-]. The van der Waals surface area contributed by atoms with Crippen molar-refractivity contribution < 1.29 is 9.85 Å². The van der Waals surface area contributed by atoms with Gasteiger partial charge in [-0.05, 0) is 32.7 Å². The Bertz CT molecular complexity index is 1110. The van der Waals surface area contributed by atoms with E-state index in [1.54, 1.807) is 10.8 Å². The molecule has 6 nitrogen and oxygen atoms in total. The third kappa shape index (κ3) is 4.12. The quantitative estimate of drug-likeness (QED) is 0.155. The van der Waals surface area contributed by atoms with E-state index in [2.05, 4.69) is 0 Å². The lowest BCUT2D eigenvalue weighted by Gasteiger charge is -2.01. The lowest BCUT2D eigenvalue weighted by molar-refractivity contribution is -0.386. The van der Waals surface area contributed by atoms with Gasteiger partial charge in [-0.2, -0.15) is 0 Å². The number of thiophene rings is 2. The standard InChI is InChI=1S/C20H12N2O4S4/c23-21(24)17-15(13-7-3-1-4-8-13)11-27-19(17)29-30-20-18(22(25)26)16(12-28-20)14-9-5-2-6-10-14/h1-12H. The summed E-state index contributed by atoms with van der Waals surface area (Å²) in [5.41, 5.74) is 2.72. The van der Waals surface area contributed by atoms with Gasteiger partial charge in [0.15, 0.2) is 0 Å². The van der Waals surface area contributed by atoms with Crippen LogP contribution in [0.4, 0.5) is 11.4 Å². The fourth-order valence-electron chi connectivity index (χ4n) is 2.85. The van der Waals surface area contributed by atoms with Gasteiger partial charge in [-0.3, -0.25) is 20.2 Å². The molecular weight excluding hydrogens is 460 g/mol. The van der Waals surface area contributed by atoms with E-state index in [1.807, 2.05) is 60.7 Å². The molecule has 2 aromatic carbocycles. The number of benzene rings is 2. The molecule has 0 radical (unpaired) electrons. The van der Waals surface area contributed by atoms with Crippen LogP contribution in [0.25, 0.3) is 22.3 Å². The maximum Gasteiger partial charge on any atom is 0.302 e. The zero-order chi connectivity index (χ0) is 21.1. The van der Waals surface area contributed by atoms with Crippen LogP contribution in [0.2, 0.25) is 0 Å². The van der Waals surface area contributed by atoms with Crippen molar-refractivity contribution in [2.24, 2.45) is 0 Å². The van der Waals surface area contributed by atoms with Crippen LogP contribution in [0.15, 0.2) is 79.8 Å².